The normalized spacial score (nSPS) is 11.0. The van der Waals surface area contributed by atoms with Crippen molar-refractivity contribution >= 4 is 49.5 Å². The first-order valence-corrected chi connectivity index (χ1v) is 12.8. The second-order valence-electron chi connectivity index (χ2n) is 8.65. The fourth-order valence-corrected chi connectivity index (χ4v) is 4.82. The molecule has 0 aliphatic carbocycles. The van der Waals surface area contributed by atoms with Crippen LogP contribution in [0.3, 0.4) is 0 Å². The minimum absolute atomic E-state index is 0.0366. The molecule has 5 rings (SSSR count). The summed E-state index contributed by atoms with van der Waals surface area (Å²) in [5.74, 6) is -0.709. The highest BCUT2D eigenvalue weighted by Gasteiger charge is 2.20. The van der Waals surface area contributed by atoms with Gasteiger partial charge in [0.05, 0.1) is 27.8 Å². The molecule has 0 radical (unpaired) electrons. The number of hydrogen-bond donors (Lipinski definition) is 1. The number of hydrogen-bond acceptors (Lipinski definition) is 8. The van der Waals surface area contributed by atoms with E-state index in [2.05, 4.69) is 10.3 Å². The number of amides is 1. The average Bonchev–Trinajstić information content (AvgIpc) is 3.31. The molecule has 0 unspecified atom stereocenters. The lowest BCUT2D eigenvalue weighted by Crippen LogP contribution is -2.22. The van der Waals surface area contributed by atoms with Gasteiger partial charge in [-0.05, 0) is 62.2 Å². The van der Waals surface area contributed by atoms with Gasteiger partial charge in [0.15, 0.2) is 17.5 Å². The lowest BCUT2D eigenvalue weighted by Gasteiger charge is -2.12. The Morgan fingerprint density at radius 3 is 2.55 bits per heavy atom. The second kappa shape index (κ2) is 10.5. The SMILES string of the molecule is CCOC(=O)c1ccc2sc(NC(=O)COc3c(-c4ccccc4)oc4cc(C)c(C)cc4c3=O)nc2c1. The topological polar surface area (TPSA) is 108 Å². The number of rotatable bonds is 7. The van der Waals surface area contributed by atoms with Crippen molar-refractivity contribution in [1.29, 1.82) is 0 Å². The number of carbonyl (C=O) groups is 2. The third-order valence-corrected chi connectivity index (χ3v) is 6.95. The van der Waals surface area contributed by atoms with E-state index in [0.717, 1.165) is 15.8 Å². The van der Waals surface area contributed by atoms with Crippen molar-refractivity contribution in [2.75, 3.05) is 18.5 Å². The van der Waals surface area contributed by atoms with Crippen LogP contribution in [0, 0.1) is 13.8 Å². The quantitative estimate of drug-likeness (QED) is 0.263. The Hall–Kier alpha value is -4.50. The summed E-state index contributed by atoms with van der Waals surface area (Å²) in [6, 6.07) is 17.8. The molecular weight excluding hydrogens is 504 g/mol. The predicted molar refractivity (Wildman–Crippen MR) is 147 cm³/mol. The van der Waals surface area contributed by atoms with Crippen LogP contribution in [0.1, 0.15) is 28.4 Å². The number of nitrogens with one attached hydrogen (secondary N) is 1. The highest BCUT2D eigenvalue weighted by atomic mass is 32.1. The van der Waals surface area contributed by atoms with Crippen LogP contribution in [0.4, 0.5) is 5.13 Å². The van der Waals surface area contributed by atoms with Gasteiger partial charge in [-0.15, -0.1) is 0 Å². The van der Waals surface area contributed by atoms with Gasteiger partial charge in [-0.2, -0.15) is 0 Å². The van der Waals surface area contributed by atoms with Crippen LogP contribution in [0.15, 0.2) is 69.9 Å². The maximum atomic E-state index is 13.4. The summed E-state index contributed by atoms with van der Waals surface area (Å²) >= 11 is 1.26. The highest BCUT2D eigenvalue weighted by Crippen LogP contribution is 2.32. The standard InChI is InChI=1S/C29H24N2O6S/c1-4-35-28(34)19-10-11-23-21(14-19)30-29(38-23)31-24(32)15-36-27-25(33)20-12-16(2)17(3)13-22(20)37-26(27)18-8-6-5-7-9-18/h5-14H,4,15H2,1-3H3,(H,30,31,32). The molecule has 0 bridgehead atoms. The molecule has 0 aliphatic heterocycles. The van der Waals surface area contributed by atoms with Crippen LogP contribution in [0.25, 0.3) is 32.5 Å². The Labute approximate surface area is 221 Å². The molecule has 3 aromatic carbocycles. The summed E-state index contributed by atoms with van der Waals surface area (Å²) in [6.07, 6.45) is 0. The number of nitrogens with zero attached hydrogens (tertiary/aromatic N) is 1. The van der Waals surface area contributed by atoms with Crippen molar-refractivity contribution in [3.63, 3.8) is 0 Å². The van der Waals surface area contributed by atoms with Crippen LogP contribution in [-0.4, -0.2) is 30.1 Å². The summed E-state index contributed by atoms with van der Waals surface area (Å²) in [5, 5.41) is 3.43. The lowest BCUT2D eigenvalue weighted by atomic mass is 10.0. The van der Waals surface area contributed by atoms with Crippen molar-refractivity contribution < 1.29 is 23.5 Å². The van der Waals surface area contributed by atoms with Crippen LogP contribution in [0.2, 0.25) is 0 Å². The van der Waals surface area contributed by atoms with E-state index in [9.17, 15) is 14.4 Å². The third kappa shape index (κ3) is 5.01. The summed E-state index contributed by atoms with van der Waals surface area (Å²) in [7, 11) is 0. The Kier molecular flexibility index (Phi) is 6.93. The molecule has 1 amide bonds. The maximum absolute atomic E-state index is 13.4. The molecule has 2 heterocycles. The van der Waals surface area contributed by atoms with Crippen LogP contribution in [-0.2, 0) is 9.53 Å². The van der Waals surface area contributed by atoms with Gasteiger partial charge >= 0.3 is 5.97 Å². The van der Waals surface area contributed by atoms with E-state index in [1.807, 2.05) is 50.2 Å². The minimum atomic E-state index is -0.492. The second-order valence-corrected chi connectivity index (χ2v) is 9.68. The zero-order valence-corrected chi connectivity index (χ0v) is 21.8. The van der Waals surface area contributed by atoms with Gasteiger partial charge in [-0.3, -0.25) is 14.9 Å². The first kappa shape index (κ1) is 25.2. The van der Waals surface area contributed by atoms with Gasteiger partial charge in [0.25, 0.3) is 5.91 Å². The number of anilines is 1. The maximum Gasteiger partial charge on any atom is 0.338 e. The van der Waals surface area contributed by atoms with E-state index in [-0.39, 0.29) is 23.5 Å². The van der Waals surface area contributed by atoms with E-state index in [4.69, 9.17) is 13.9 Å². The summed E-state index contributed by atoms with van der Waals surface area (Å²) in [6.45, 7) is 5.45. The number of carbonyl (C=O) groups excluding carboxylic acids is 2. The summed E-state index contributed by atoms with van der Waals surface area (Å²) < 4.78 is 17.7. The molecule has 0 saturated carbocycles. The number of benzene rings is 3. The van der Waals surface area contributed by atoms with Gasteiger partial charge in [0, 0.05) is 5.56 Å². The molecule has 0 aliphatic rings. The van der Waals surface area contributed by atoms with Crippen LogP contribution >= 0.6 is 11.3 Å². The van der Waals surface area contributed by atoms with Gasteiger partial charge in [-0.1, -0.05) is 41.7 Å². The molecule has 0 saturated heterocycles. The Morgan fingerprint density at radius 2 is 1.79 bits per heavy atom. The van der Waals surface area contributed by atoms with Crippen molar-refractivity contribution in [2.24, 2.45) is 0 Å². The number of aryl methyl sites for hydroxylation is 2. The van der Waals surface area contributed by atoms with Crippen molar-refractivity contribution in [1.82, 2.24) is 4.98 Å². The smallest absolute Gasteiger partial charge is 0.338 e. The lowest BCUT2D eigenvalue weighted by molar-refractivity contribution is -0.118. The van der Waals surface area contributed by atoms with E-state index in [0.29, 0.717) is 32.7 Å². The molecule has 9 heteroatoms. The van der Waals surface area contributed by atoms with E-state index < -0.39 is 18.5 Å². The van der Waals surface area contributed by atoms with Gasteiger partial charge in [-0.25, -0.2) is 9.78 Å². The Balaban J connectivity index is 1.40. The molecule has 0 spiro atoms. The predicted octanol–water partition coefficient (Wildman–Crippen LogP) is 5.88. The van der Waals surface area contributed by atoms with Crippen molar-refractivity contribution in [3.05, 3.63) is 87.6 Å². The monoisotopic (exact) mass is 528 g/mol. The largest absolute Gasteiger partial charge is 0.476 e. The molecule has 2 aromatic heterocycles. The number of thiazole rings is 1. The van der Waals surface area contributed by atoms with Gasteiger partial charge in [0.2, 0.25) is 11.2 Å². The zero-order valence-electron chi connectivity index (χ0n) is 21.0. The molecular formula is C29H24N2O6S. The first-order valence-electron chi connectivity index (χ1n) is 12.0. The number of esters is 1. The van der Waals surface area contributed by atoms with Crippen LogP contribution < -0.4 is 15.5 Å². The third-order valence-electron chi connectivity index (χ3n) is 5.99. The zero-order chi connectivity index (χ0) is 26.8. The summed E-state index contributed by atoms with van der Waals surface area (Å²) in [4.78, 5) is 42.6. The van der Waals surface area contributed by atoms with Crippen LogP contribution in [0.5, 0.6) is 5.75 Å². The Morgan fingerprint density at radius 1 is 1.03 bits per heavy atom. The minimum Gasteiger partial charge on any atom is -0.476 e. The molecule has 38 heavy (non-hydrogen) atoms. The Bertz CT molecular complexity index is 1740. The number of fused-ring (bicyclic) bond motifs is 2. The molecule has 8 nitrogen and oxygen atoms in total. The number of aromatic nitrogens is 1. The molecule has 0 atom stereocenters. The van der Waals surface area contributed by atoms with E-state index >= 15 is 0 Å². The fourth-order valence-electron chi connectivity index (χ4n) is 3.96. The molecule has 1 N–H and O–H groups in total. The van der Waals surface area contributed by atoms with Gasteiger partial charge < -0.3 is 13.9 Å². The average molecular weight is 529 g/mol. The fraction of sp³-hybridized carbons (Fsp3) is 0.172. The van der Waals surface area contributed by atoms with Crippen molar-refractivity contribution in [3.8, 4) is 17.1 Å². The van der Waals surface area contributed by atoms with Gasteiger partial charge in [0.1, 0.15) is 5.58 Å². The van der Waals surface area contributed by atoms with E-state index in [1.165, 1.54) is 11.3 Å². The molecule has 0 fully saturated rings. The van der Waals surface area contributed by atoms with E-state index in [1.54, 1.807) is 31.2 Å². The molecule has 5 aromatic rings. The highest BCUT2D eigenvalue weighted by molar-refractivity contribution is 7.22. The number of ether oxygens (including phenoxy) is 2. The summed E-state index contributed by atoms with van der Waals surface area (Å²) in [5.41, 5.74) is 3.64. The molecule has 192 valence electrons. The van der Waals surface area contributed by atoms with Crippen molar-refractivity contribution in [2.45, 2.75) is 20.8 Å². The first-order chi connectivity index (χ1) is 18.3.